The van der Waals surface area contributed by atoms with Gasteiger partial charge in [0.1, 0.15) is 0 Å². The molecule has 1 aliphatic heterocycles. The number of hydrogen-bond acceptors (Lipinski definition) is 2. The Bertz CT molecular complexity index is 1170. The predicted octanol–water partition coefficient (Wildman–Crippen LogP) is 5.86. The molecule has 2 amide bonds. The van der Waals surface area contributed by atoms with E-state index < -0.39 is 11.7 Å². The molecule has 0 aromatic heterocycles. The van der Waals surface area contributed by atoms with Gasteiger partial charge in [-0.15, -0.1) is 0 Å². The van der Waals surface area contributed by atoms with Crippen LogP contribution in [0.3, 0.4) is 0 Å². The van der Waals surface area contributed by atoms with Gasteiger partial charge in [0.2, 0.25) is 0 Å². The monoisotopic (exact) mass is 438 g/mol. The number of carbonyl (C=O) groups is 2. The van der Waals surface area contributed by atoms with E-state index in [9.17, 15) is 22.8 Å². The first kappa shape index (κ1) is 21.6. The second kappa shape index (κ2) is 8.49. The van der Waals surface area contributed by atoms with Crippen LogP contribution in [0.15, 0.2) is 66.7 Å². The summed E-state index contributed by atoms with van der Waals surface area (Å²) in [6.45, 7) is 2.24. The van der Waals surface area contributed by atoms with Gasteiger partial charge in [0.15, 0.2) is 0 Å². The van der Waals surface area contributed by atoms with E-state index in [-0.39, 0.29) is 11.8 Å². The quantitative estimate of drug-likeness (QED) is 0.557. The molecule has 0 saturated heterocycles. The topological polar surface area (TPSA) is 49.4 Å². The van der Waals surface area contributed by atoms with E-state index in [1.807, 2.05) is 13.0 Å². The Morgan fingerprint density at radius 3 is 2.41 bits per heavy atom. The molecule has 0 bridgehead atoms. The van der Waals surface area contributed by atoms with Crippen LogP contribution in [-0.4, -0.2) is 18.4 Å². The minimum Gasteiger partial charge on any atom is -0.322 e. The Hall–Kier alpha value is -3.61. The van der Waals surface area contributed by atoms with Crippen LogP contribution in [0.5, 0.6) is 0 Å². The molecule has 0 radical (unpaired) electrons. The number of carbonyl (C=O) groups excluding carboxylic acids is 2. The number of benzene rings is 3. The summed E-state index contributed by atoms with van der Waals surface area (Å²) in [6.07, 6.45) is -3.37. The average molecular weight is 438 g/mol. The van der Waals surface area contributed by atoms with Crippen LogP contribution in [-0.2, 0) is 12.6 Å². The fraction of sp³-hybridized carbons (Fsp3) is 0.200. The van der Waals surface area contributed by atoms with E-state index in [1.54, 1.807) is 42.5 Å². The van der Waals surface area contributed by atoms with Gasteiger partial charge >= 0.3 is 6.18 Å². The molecule has 3 aromatic carbocycles. The zero-order valence-electron chi connectivity index (χ0n) is 17.4. The third-order valence-electron chi connectivity index (χ3n) is 5.54. The Morgan fingerprint density at radius 1 is 0.938 bits per heavy atom. The molecular formula is C25H21F3N2O2. The highest BCUT2D eigenvalue weighted by atomic mass is 19.4. The highest BCUT2D eigenvalue weighted by molar-refractivity contribution is 6.09. The largest absolute Gasteiger partial charge is 0.416 e. The van der Waals surface area contributed by atoms with Crippen LogP contribution in [0.25, 0.3) is 0 Å². The van der Waals surface area contributed by atoms with Crippen molar-refractivity contribution in [3.05, 3.63) is 94.5 Å². The van der Waals surface area contributed by atoms with Gasteiger partial charge in [0, 0.05) is 29.0 Å². The molecule has 4 nitrogen and oxygen atoms in total. The van der Waals surface area contributed by atoms with Crippen LogP contribution in [0.2, 0.25) is 0 Å². The van der Waals surface area contributed by atoms with Crippen molar-refractivity contribution in [2.75, 3.05) is 16.8 Å². The number of aryl methyl sites for hydroxylation is 2. The van der Waals surface area contributed by atoms with Crippen molar-refractivity contribution in [3.63, 3.8) is 0 Å². The second-order valence-corrected chi connectivity index (χ2v) is 7.75. The number of halogens is 3. The molecular weight excluding hydrogens is 417 g/mol. The molecule has 0 atom stereocenters. The predicted molar refractivity (Wildman–Crippen MR) is 117 cm³/mol. The molecule has 0 saturated carbocycles. The van der Waals surface area contributed by atoms with Gasteiger partial charge in [-0.25, -0.2) is 0 Å². The fourth-order valence-corrected chi connectivity index (χ4v) is 3.81. The molecule has 32 heavy (non-hydrogen) atoms. The standard InChI is InChI=1S/C25H21F3N2O2/c1-16-9-10-19(15-21(16)29-23(31)17-6-3-2-4-7-17)24(32)30-13-5-8-18-14-20(25(26,27)28)11-12-22(18)30/h2-4,6-7,9-12,14-15H,5,8,13H2,1H3,(H,29,31). The van der Waals surface area contributed by atoms with Crippen LogP contribution in [0, 0.1) is 6.92 Å². The molecule has 7 heteroatoms. The lowest BCUT2D eigenvalue weighted by atomic mass is 9.98. The first-order chi connectivity index (χ1) is 15.2. The maximum Gasteiger partial charge on any atom is 0.416 e. The highest BCUT2D eigenvalue weighted by Gasteiger charge is 2.33. The normalized spacial score (nSPS) is 13.4. The smallest absolute Gasteiger partial charge is 0.322 e. The van der Waals surface area contributed by atoms with Crippen molar-refractivity contribution in [2.45, 2.75) is 25.9 Å². The Kier molecular flexibility index (Phi) is 5.74. The van der Waals surface area contributed by atoms with Gasteiger partial charge in [-0.3, -0.25) is 9.59 Å². The molecule has 3 aromatic rings. The summed E-state index contributed by atoms with van der Waals surface area (Å²) in [6, 6.07) is 17.2. The molecule has 1 aliphatic rings. The lowest BCUT2D eigenvalue weighted by molar-refractivity contribution is -0.137. The summed E-state index contributed by atoms with van der Waals surface area (Å²) in [5.41, 5.74) is 2.43. The van der Waals surface area contributed by atoms with Crippen LogP contribution < -0.4 is 10.2 Å². The van der Waals surface area contributed by atoms with E-state index in [1.165, 1.54) is 11.0 Å². The van der Waals surface area contributed by atoms with Crippen molar-refractivity contribution in [1.82, 2.24) is 0 Å². The Balaban J connectivity index is 1.61. The highest BCUT2D eigenvalue weighted by Crippen LogP contribution is 2.36. The third kappa shape index (κ3) is 4.37. The Labute approximate surface area is 183 Å². The summed E-state index contributed by atoms with van der Waals surface area (Å²) in [7, 11) is 0. The number of anilines is 2. The molecule has 0 fully saturated rings. The minimum atomic E-state index is -4.43. The van der Waals surface area contributed by atoms with Crippen molar-refractivity contribution in [2.24, 2.45) is 0 Å². The molecule has 0 spiro atoms. The number of rotatable bonds is 3. The lowest BCUT2D eigenvalue weighted by Gasteiger charge is -2.30. The first-order valence-electron chi connectivity index (χ1n) is 10.2. The van der Waals surface area contributed by atoms with Crippen LogP contribution in [0.4, 0.5) is 24.5 Å². The Morgan fingerprint density at radius 2 is 1.69 bits per heavy atom. The maximum absolute atomic E-state index is 13.3. The summed E-state index contributed by atoms with van der Waals surface area (Å²) in [5, 5.41) is 2.83. The molecule has 4 rings (SSSR count). The number of amides is 2. The van der Waals surface area contributed by atoms with Crippen molar-refractivity contribution in [1.29, 1.82) is 0 Å². The SMILES string of the molecule is Cc1ccc(C(=O)N2CCCc3cc(C(F)(F)F)ccc32)cc1NC(=O)c1ccccc1. The first-order valence-corrected chi connectivity index (χ1v) is 10.2. The van der Waals surface area contributed by atoms with E-state index in [0.29, 0.717) is 47.5 Å². The third-order valence-corrected chi connectivity index (χ3v) is 5.54. The maximum atomic E-state index is 13.3. The zero-order valence-corrected chi connectivity index (χ0v) is 17.4. The number of nitrogens with one attached hydrogen (secondary N) is 1. The minimum absolute atomic E-state index is 0.290. The summed E-state index contributed by atoms with van der Waals surface area (Å²) >= 11 is 0. The summed E-state index contributed by atoms with van der Waals surface area (Å²) < 4.78 is 39.2. The summed E-state index contributed by atoms with van der Waals surface area (Å²) in [4.78, 5) is 27.3. The van der Waals surface area contributed by atoms with E-state index in [0.717, 1.165) is 17.7 Å². The number of alkyl halides is 3. The zero-order chi connectivity index (χ0) is 22.9. The van der Waals surface area contributed by atoms with Gasteiger partial charge in [0.05, 0.1) is 5.56 Å². The number of nitrogens with zero attached hydrogens (tertiary/aromatic N) is 1. The van der Waals surface area contributed by atoms with Crippen molar-refractivity contribution >= 4 is 23.2 Å². The van der Waals surface area contributed by atoms with Crippen molar-refractivity contribution < 1.29 is 22.8 Å². The van der Waals surface area contributed by atoms with Crippen molar-refractivity contribution in [3.8, 4) is 0 Å². The molecule has 0 unspecified atom stereocenters. The molecule has 1 heterocycles. The number of fused-ring (bicyclic) bond motifs is 1. The second-order valence-electron chi connectivity index (χ2n) is 7.75. The van der Waals surface area contributed by atoms with E-state index in [2.05, 4.69) is 5.32 Å². The lowest BCUT2D eigenvalue weighted by Crippen LogP contribution is -2.35. The molecule has 0 aliphatic carbocycles. The van der Waals surface area contributed by atoms with E-state index in [4.69, 9.17) is 0 Å². The molecule has 1 N–H and O–H groups in total. The van der Waals surface area contributed by atoms with Gasteiger partial charge < -0.3 is 10.2 Å². The summed E-state index contributed by atoms with van der Waals surface area (Å²) in [5.74, 6) is -0.609. The van der Waals surface area contributed by atoms with Gasteiger partial charge in [-0.05, 0) is 73.4 Å². The van der Waals surface area contributed by atoms with Gasteiger partial charge in [0.25, 0.3) is 11.8 Å². The number of hydrogen-bond donors (Lipinski definition) is 1. The van der Waals surface area contributed by atoms with Gasteiger partial charge in [-0.2, -0.15) is 13.2 Å². The van der Waals surface area contributed by atoms with Crippen LogP contribution in [0.1, 0.15) is 43.8 Å². The van der Waals surface area contributed by atoms with Crippen LogP contribution >= 0.6 is 0 Å². The van der Waals surface area contributed by atoms with E-state index >= 15 is 0 Å². The molecule has 164 valence electrons. The average Bonchev–Trinajstić information content (AvgIpc) is 2.79. The van der Waals surface area contributed by atoms with Gasteiger partial charge in [-0.1, -0.05) is 24.3 Å². The fourth-order valence-electron chi connectivity index (χ4n) is 3.81.